The van der Waals surface area contributed by atoms with E-state index < -0.39 is 29.4 Å². The second-order valence-electron chi connectivity index (χ2n) is 8.49. The molecule has 2 aromatic rings. The van der Waals surface area contributed by atoms with Crippen LogP contribution in [0.5, 0.6) is 0 Å². The zero-order valence-corrected chi connectivity index (χ0v) is 20.2. The van der Waals surface area contributed by atoms with Crippen molar-refractivity contribution in [3.05, 3.63) is 71.3 Å². The first-order valence-corrected chi connectivity index (χ1v) is 11.9. The molecule has 1 fully saturated rings. The smallest absolute Gasteiger partial charge is 0.338 e. The number of hydrogen-bond acceptors (Lipinski definition) is 7. The molecular weight excluding hydrogens is 434 g/mol. The number of hydrogen-bond donors (Lipinski definition) is 2. The van der Waals surface area contributed by atoms with E-state index in [4.69, 9.17) is 14.2 Å². The average molecular weight is 470 g/mol. The highest BCUT2D eigenvalue weighted by Gasteiger charge is 2.62. The fourth-order valence-electron chi connectivity index (χ4n) is 4.74. The molecule has 0 saturated carbocycles. The predicted octanol–water partition coefficient (Wildman–Crippen LogP) is 3.20. The molecule has 2 N–H and O–H groups in total. The second kappa shape index (κ2) is 12.1. The molecule has 0 amide bonds. The molecule has 1 saturated heterocycles. The second-order valence-corrected chi connectivity index (χ2v) is 8.49. The number of ether oxygens (including phenoxy) is 3. The predicted molar refractivity (Wildman–Crippen MR) is 128 cm³/mol. The Balaban J connectivity index is 1.84. The summed E-state index contributed by atoms with van der Waals surface area (Å²) in [4.78, 5) is 26.2. The number of esters is 2. The van der Waals surface area contributed by atoms with Gasteiger partial charge < -0.3 is 19.3 Å². The minimum absolute atomic E-state index is 0.137. The number of nitrogens with one attached hydrogen (secondary N) is 1. The Morgan fingerprint density at radius 3 is 2.21 bits per heavy atom. The zero-order chi connectivity index (χ0) is 24.6. The van der Waals surface area contributed by atoms with E-state index in [1.54, 1.807) is 20.8 Å². The van der Waals surface area contributed by atoms with Crippen LogP contribution in [0.2, 0.25) is 0 Å². The van der Waals surface area contributed by atoms with Crippen LogP contribution in [0.1, 0.15) is 43.5 Å². The van der Waals surface area contributed by atoms with Gasteiger partial charge in [0.1, 0.15) is 0 Å². The largest absolute Gasteiger partial charge is 0.464 e. The lowest BCUT2D eigenvalue weighted by Gasteiger charge is -2.29. The quantitative estimate of drug-likeness (QED) is 0.297. The van der Waals surface area contributed by atoms with Gasteiger partial charge >= 0.3 is 11.9 Å². The molecule has 2 aromatic carbocycles. The molecule has 184 valence electrons. The van der Waals surface area contributed by atoms with Crippen LogP contribution in [0.25, 0.3) is 0 Å². The average Bonchev–Trinajstić information content (AvgIpc) is 3.16. The lowest BCUT2D eigenvalue weighted by atomic mass is 9.78. The van der Waals surface area contributed by atoms with E-state index in [-0.39, 0.29) is 25.7 Å². The van der Waals surface area contributed by atoms with Crippen LogP contribution in [0.15, 0.2) is 54.6 Å². The van der Waals surface area contributed by atoms with Gasteiger partial charge in [-0.05, 0) is 37.0 Å². The molecule has 0 radical (unpaired) electrons. The number of aliphatic hydroxyl groups is 1. The first-order valence-electron chi connectivity index (χ1n) is 11.9. The number of carbonyl (C=O) groups is 2. The Hall–Kier alpha value is -2.74. The molecule has 0 aromatic heterocycles. The number of benzene rings is 2. The third-order valence-corrected chi connectivity index (χ3v) is 6.56. The number of aliphatic hydroxyl groups excluding tert-OH is 1. The molecule has 1 aliphatic heterocycles. The maximum atomic E-state index is 13.1. The third-order valence-electron chi connectivity index (χ3n) is 6.56. The van der Waals surface area contributed by atoms with Gasteiger partial charge in [0.2, 0.25) is 5.54 Å². The van der Waals surface area contributed by atoms with Crippen LogP contribution < -0.4 is 5.32 Å². The number of carbonyl (C=O) groups excluding carboxylic acids is 2. The molecule has 3 rings (SSSR count). The van der Waals surface area contributed by atoms with Gasteiger partial charge in [-0.2, -0.15) is 0 Å². The summed E-state index contributed by atoms with van der Waals surface area (Å²) in [5, 5.41) is 13.5. The van der Waals surface area contributed by atoms with Crippen LogP contribution in [-0.2, 0) is 36.8 Å². The highest BCUT2D eigenvalue weighted by Crippen LogP contribution is 2.45. The van der Waals surface area contributed by atoms with Crippen molar-refractivity contribution in [2.75, 3.05) is 26.4 Å². The van der Waals surface area contributed by atoms with Gasteiger partial charge in [-0.25, -0.2) is 9.59 Å². The van der Waals surface area contributed by atoms with Crippen molar-refractivity contribution in [1.82, 2.24) is 5.32 Å². The van der Waals surface area contributed by atoms with Crippen LogP contribution in [-0.4, -0.2) is 49.0 Å². The summed E-state index contributed by atoms with van der Waals surface area (Å²) < 4.78 is 16.5. The normalized spacial score (nSPS) is 21.2. The molecule has 7 nitrogen and oxygen atoms in total. The fourth-order valence-corrected chi connectivity index (χ4v) is 4.74. The van der Waals surface area contributed by atoms with E-state index in [0.29, 0.717) is 19.6 Å². The SMILES string of the molecule is CCOC(=O)C1(C(=O)OCC)N[C@H](c2ccccc2CCOCc2ccccc2)[C@H](CO)[C@H]1C. The maximum absolute atomic E-state index is 13.1. The molecule has 1 heterocycles. The molecule has 3 atom stereocenters. The third kappa shape index (κ3) is 5.32. The molecule has 0 aliphatic carbocycles. The van der Waals surface area contributed by atoms with Crippen molar-refractivity contribution < 1.29 is 28.9 Å². The van der Waals surface area contributed by atoms with Gasteiger partial charge in [-0.3, -0.25) is 5.32 Å². The maximum Gasteiger partial charge on any atom is 0.338 e. The monoisotopic (exact) mass is 469 g/mol. The van der Waals surface area contributed by atoms with Crippen molar-refractivity contribution >= 4 is 11.9 Å². The Morgan fingerprint density at radius 1 is 0.971 bits per heavy atom. The van der Waals surface area contributed by atoms with Crippen molar-refractivity contribution in [2.24, 2.45) is 11.8 Å². The van der Waals surface area contributed by atoms with E-state index in [9.17, 15) is 14.7 Å². The lowest BCUT2D eigenvalue weighted by Crippen LogP contribution is -2.60. The molecule has 0 spiro atoms. The lowest BCUT2D eigenvalue weighted by molar-refractivity contribution is -0.168. The zero-order valence-electron chi connectivity index (χ0n) is 20.2. The molecule has 1 aliphatic rings. The van der Waals surface area contributed by atoms with Gasteiger partial charge in [-0.1, -0.05) is 61.5 Å². The van der Waals surface area contributed by atoms with E-state index >= 15 is 0 Å². The van der Waals surface area contributed by atoms with Crippen molar-refractivity contribution in [3.63, 3.8) is 0 Å². The summed E-state index contributed by atoms with van der Waals surface area (Å²) in [7, 11) is 0. The Labute approximate surface area is 201 Å². The standard InChI is InChI=1S/C27H35NO6/c1-4-33-25(30)27(26(31)34-5-2)19(3)23(17-29)24(28-27)22-14-10-9-13-21(22)15-16-32-18-20-11-7-6-8-12-20/h6-14,19,23-24,28-29H,4-5,15-18H2,1-3H3/t19-,23-,24-/m1/s1. The Morgan fingerprint density at radius 2 is 1.59 bits per heavy atom. The minimum atomic E-state index is -1.68. The Kier molecular flexibility index (Phi) is 9.21. The molecule has 7 heteroatoms. The molecule has 0 bridgehead atoms. The molecular formula is C27H35NO6. The summed E-state index contributed by atoms with van der Waals surface area (Å²) >= 11 is 0. The topological polar surface area (TPSA) is 94.1 Å². The van der Waals surface area contributed by atoms with Crippen LogP contribution in [0, 0.1) is 11.8 Å². The van der Waals surface area contributed by atoms with E-state index in [2.05, 4.69) is 5.32 Å². The summed E-state index contributed by atoms with van der Waals surface area (Å²) in [6.07, 6.45) is 0.652. The first-order chi connectivity index (χ1) is 16.5. The van der Waals surface area contributed by atoms with E-state index in [1.165, 1.54) is 0 Å². The highest BCUT2D eigenvalue weighted by atomic mass is 16.6. The molecule has 0 unspecified atom stereocenters. The Bertz CT molecular complexity index is 929. The number of rotatable bonds is 11. The van der Waals surface area contributed by atoms with Crippen molar-refractivity contribution in [1.29, 1.82) is 0 Å². The van der Waals surface area contributed by atoms with E-state index in [0.717, 1.165) is 16.7 Å². The minimum Gasteiger partial charge on any atom is -0.464 e. The van der Waals surface area contributed by atoms with Gasteiger partial charge in [0, 0.05) is 24.5 Å². The van der Waals surface area contributed by atoms with E-state index in [1.807, 2.05) is 54.6 Å². The summed E-state index contributed by atoms with van der Waals surface area (Å²) in [6.45, 7) is 6.29. The highest BCUT2D eigenvalue weighted by molar-refractivity contribution is 6.06. The van der Waals surface area contributed by atoms with Gasteiger partial charge in [0.05, 0.1) is 26.4 Å². The molecule has 34 heavy (non-hydrogen) atoms. The van der Waals surface area contributed by atoms with Crippen molar-refractivity contribution in [2.45, 2.75) is 45.4 Å². The summed E-state index contributed by atoms with van der Waals surface area (Å²) in [5.74, 6) is -2.28. The van der Waals surface area contributed by atoms with Gasteiger partial charge in [0.15, 0.2) is 0 Å². The fraction of sp³-hybridized carbons (Fsp3) is 0.481. The summed E-state index contributed by atoms with van der Waals surface area (Å²) in [5.41, 5.74) is 1.38. The van der Waals surface area contributed by atoms with Crippen LogP contribution >= 0.6 is 0 Å². The van der Waals surface area contributed by atoms with Crippen LogP contribution in [0.4, 0.5) is 0 Å². The van der Waals surface area contributed by atoms with Gasteiger partial charge in [-0.15, -0.1) is 0 Å². The summed E-state index contributed by atoms with van der Waals surface area (Å²) in [6, 6.07) is 17.4. The van der Waals surface area contributed by atoms with Crippen molar-refractivity contribution in [3.8, 4) is 0 Å². The van der Waals surface area contributed by atoms with Crippen LogP contribution in [0.3, 0.4) is 0 Å². The first kappa shape index (κ1) is 25.9. The van der Waals surface area contributed by atoms with Gasteiger partial charge in [0.25, 0.3) is 0 Å².